The molecule has 3 fully saturated rings. The number of piperidine rings is 1. The average Bonchev–Trinajstić information content (AvgIpc) is 3.13. The minimum absolute atomic E-state index is 0.121. The Morgan fingerprint density at radius 2 is 1.66 bits per heavy atom. The molecule has 4 aliphatic rings. The lowest BCUT2D eigenvalue weighted by Gasteiger charge is -2.42. The molecule has 3 aliphatic heterocycles. The molecule has 32 heavy (non-hydrogen) atoms. The van der Waals surface area contributed by atoms with Crippen molar-refractivity contribution in [2.24, 2.45) is 5.92 Å². The minimum atomic E-state index is 0.121. The van der Waals surface area contributed by atoms with Gasteiger partial charge >= 0.3 is 0 Å². The number of piperazine rings is 1. The summed E-state index contributed by atoms with van der Waals surface area (Å²) in [7, 11) is 2.12. The van der Waals surface area contributed by atoms with Gasteiger partial charge in [0.25, 0.3) is 0 Å². The first kappa shape index (κ1) is 21.9. The minimum Gasteiger partial charge on any atom is -0.381 e. The van der Waals surface area contributed by atoms with E-state index >= 15 is 0 Å². The number of ether oxygens (including phenoxy) is 1. The third kappa shape index (κ3) is 4.19. The third-order valence-corrected chi connectivity index (χ3v) is 8.49. The van der Waals surface area contributed by atoms with Gasteiger partial charge < -0.3 is 19.4 Å². The topological polar surface area (TPSA) is 53.1 Å². The Bertz CT molecular complexity index is 834. The molecule has 1 atom stereocenters. The van der Waals surface area contributed by atoms with E-state index in [1.165, 1.54) is 11.1 Å². The zero-order valence-corrected chi connectivity index (χ0v) is 19.4. The number of carbonyl (C=O) groups is 2. The van der Waals surface area contributed by atoms with E-state index in [9.17, 15) is 9.59 Å². The molecular weight excluding hydrogens is 402 g/mol. The number of likely N-dealkylation sites (tertiary alicyclic amines) is 1. The van der Waals surface area contributed by atoms with Gasteiger partial charge in [0.15, 0.2) is 0 Å². The second-order valence-electron chi connectivity index (χ2n) is 10.4. The number of rotatable bonds is 3. The number of benzene rings is 1. The van der Waals surface area contributed by atoms with Crippen molar-refractivity contribution in [2.75, 3.05) is 59.5 Å². The predicted molar refractivity (Wildman–Crippen MR) is 124 cm³/mol. The van der Waals surface area contributed by atoms with Crippen molar-refractivity contribution in [3.05, 3.63) is 35.4 Å². The maximum atomic E-state index is 13.1. The SMILES string of the molecule is CN1CCN(C(=O)C[C@@H]2CC3(CCN(C(=O)C4CCOCC4)CC3)c3ccccc32)CC1. The van der Waals surface area contributed by atoms with Crippen molar-refractivity contribution in [3.63, 3.8) is 0 Å². The molecule has 2 amide bonds. The number of likely N-dealkylation sites (N-methyl/N-ethyl adjacent to an activating group) is 1. The summed E-state index contributed by atoms with van der Waals surface area (Å²) in [5.41, 5.74) is 2.93. The smallest absolute Gasteiger partial charge is 0.225 e. The second kappa shape index (κ2) is 9.14. The summed E-state index contributed by atoms with van der Waals surface area (Å²) in [6.07, 6.45) is 5.41. The van der Waals surface area contributed by atoms with E-state index in [1.807, 2.05) is 0 Å². The van der Waals surface area contributed by atoms with Gasteiger partial charge in [0.1, 0.15) is 0 Å². The molecule has 0 bridgehead atoms. The lowest BCUT2D eigenvalue weighted by atomic mass is 9.73. The Labute approximate surface area is 191 Å². The van der Waals surface area contributed by atoms with Crippen molar-refractivity contribution in [3.8, 4) is 0 Å². The van der Waals surface area contributed by atoms with Gasteiger partial charge in [0.2, 0.25) is 11.8 Å². The van der Waals surface area contributed by atoms with E-state index in [4.69, 9.17) is 4.74 Å². The summed E-state index contributed by atoms with van der Waals surface area (Å²) in [6.45, 7) is 6.72. The first-order valence-corrected chi connectivity index (χ1v) is 12.5. The summed E-state index contributed by atoms with van der Waals surface area (Å²) < 4.78 is 5.44. The normalized spacial score (nSPS) is 26.3. The lowest BCUT2D eigenvalue weighted by Crippen LogP contribution is -2.48. The fourth-order valence-corrected chi connectivity index (χ4v) is 6.44. The van der Waals surface area contributed by atoms with Gasteiger partial charge in [-0.25, -0.2) is 0 Å². The second-order valence-corrected chi connectivity index (χ2v) is 10.4. The molecule has 0 unspecified atom stereocenters. The largest absolute Gasteiger partial charge is 0.381 e. The molecule has 1 spiro atoms. The molecule has 0 saturated carbocycles. The van der Waals surface area contributed by atoms with Crippen molar-refractivity contribution >= 4 is 11.8 Å². The van der Waals surface area contributed by atoms with E-state index in [1.54, 1.807) is 0 Å². The van der Waals surface area contributed by atoms with Crippen molar-refractivity contribution < 1.29 is 14.3 Å². The highest BCUT2D eigenvalue weighted by Gasteiger charge is 2.46. The fraction of sp³-hybridized carbons (Fsp3) is 0.692. The van der Waals surface area contributed by atoms with Crippen molar-refractivity contribution in [1.29, 1.82) is 0 Å². The Morgan fingerprint density at radius 3 is 2.38 bits per heavy atom. The first-order chi connectivity index (χ1) is 15.6. The molecule has 174 valence electrons. The van der Waals surface area contributed by atoms with Crippen LogP contribution in [-0.4, -0.2) is 86.0 Å². The van der Waals surface area contributed by atoms with Crippen LogP contribution in [0.3, 0.4) is 0 Å². The van der Waals surface area contributed by atoms with E-state index in [-0.39, 0.29) is 11.3 Å². The van der Waals surface area contributed by atoms with Crippen LogP contribution >= 0.6 is 0 Å². The van der Waals surface area contributed by atoms with E-state index in [2.05, 4.69) is 46.0 Å². The molecule has 0 aromatic heterocycles. The Kier molecular flexibility index (Phi) is 6.26. The van der Waals surface area contributed by atoms with Gasteiger partial charge in [-0.3, -0.25) is 9.59 Å². The van der Waals surface area contributed by atoms with Crippen LogP contribution in [0.5, 0.6) is 0 Å². The van der Waals surface area contributed by atoms with Crippen molar-refractivity contribution in [1.82, 2.24) is 14.7 Å². The van der Waals surface area contributed by atoms with Crippen LogP contribution in [0.4, 0.5) is 0 Å². The molecule has 6 nitrogen and oxygen atoms in total. The molecule has 6 heteroatoms. The van der Waals surface area contributed by atoms with Crippen LogP contribution in [0.25, 0.3) is 0 Å². The number of amides is 2. The van der Waals surface area contributed by atoms with Gasteiger partial charge in [-0.15, -0.1) is 0 Å². The van der Waals surface area contributed by atoms with Gasteiger partial charge in [0, 0.05) is 64.8 Å². The fourth-order valence-electron chi connectivity index (χ4n) is 6.44. The Hall–Kier alpha value is -1.92. The van der Waals surface area contributed by atoms with Gasteiger partial charge in [-0.2, -0.15) is 0 Å². The number of fused-ring (bicyclic) bond motifs is 2. The molecule has 1 aliphatic carbocycles. The molecule has 0 radical (unpaired) electrons. The maximum Gasteiger partial charge on any atom is 0.225 e. The van der Waals surface area contributed by atoms with E-state index in [0.29, 0.717) is 37.4 Å². The highest BCUT2D eigenvalue weighted by Crippen LogP contribution is 2.53. The van der Waals surface area contributed by atoms with Crippen LogP contribution in [0.2, 0.25) is 0 Å². The Balaban J connectivity index is 1.25. The Morgan fingerprint density at radius 1 is 0.969 bits per heavy atom. The standard InChI is InChI=1S/C26H37N3O3/c1-27-12-14-28(15-13-27)24(30)18-21-19-26(23-5-3-2-4-22(21)23)8-10-29(11-9-26)25(31)20-6-16-32-17-7-20/h2-5,20-21H,6-19H2,1H3/t21-/m1/s1. The average molecular weight is 440 g/mol. The summed E-state index contributed by atoms with van der Waals surface area (Å²) in [5.74, 6) is 1.08. The highest BCUT2D eigenvalue weighted by atomic mass is 16.5. The third-order valence-electron chi connectivity index (χ3n) is 8.49. The van der Waals surface area contributed by atoms with Crippen molar-refractivity contribution in [2.45, 2.75) is 49.9 Å². The zero-order valence-electron chi connectivity index (χ0n) is 19.4. The van der Waals surface area contributed by atoms with Gasteiger partial charge in [-0.05, 0) is 61.6 Å². The van der Waals surface area contributed by atoms with E-state index in [0.717, 1.165) is 71.4 Å². The molecule has 0 N–H and O–H groups in total. The van der Waals surface area contributed by atoms with Crippen LogP contribution in [0, 0.1) is 5.92 Å². The number of carbonyl (C=O) groups excluding carboxylic acids is 2. The van der Waals surface area contributed by atoms with Crippen LogP contribution in [-0.2, 0) is 19.7 Å². The van der Waals surface area contributed by atoms with Crippen LogP contribution < -0.4 is 0 Å². The molecule has 3 heterocycles. The number of hydrogen-bond acceptors (Lipinski definition) is 4. The summed E-state index contributed by atoms with van der Waals surface area (Å²) in [5, 5.41) is 0. The van der Waals surface area contributed by atoms with E-state index < -0.39 is 0 Å². The first-order valence-electron chi connectivity index (χ1n) is 12.5. The maximum absolute atomic E-state index is 13.1. The summed E-state index contributed by atoms with van der Waals surface area (Å²) in [4.78, 5) is 32.6. The van der Waals surface area contributed by atoms with Gasteiger partial charge in [-0.1, -0.05) is 24.3 Å². The van der Waals surface area contributed by atoms with Gasteiger partial charge in [0.05, 0.1) is 0 Å². The summed E-state index contributed by atoms with van der Waals surface area (Å²) >= 11 is 0. The quantitative estimate of drug-likeness (QED) is 0.727. The molecule has 5 rings (SSSR count). The number of nitrogens with zero attached hydrogens (tertiary/aromatic N) is 3. The zero-order chi connectivity index (χ0) is 22.1. The predicted octanol–water partition coefficient (Wildman–Crippen LogP) is 2.62. The van der Waals surface area contributed by atoms with Crippen LogP contribution in [0.1, 0.15) is 55.6 Å². The summed E-state index contributed by atoms with van der Waals surface area (Å²) in [6, 6.07) is 8.79. The molecule has 1 aromatic carbocycles. The molecule has 3 saturated heterocycles. The lowest BCUT2D eigenvalue weighted by molar-refractivity contribution is -0.140. The monoisotopic (exact) mass is 439 g/mol. The highest BCUT2D eigenvalue weighted by molar-refractivity contribution is 5.79. The molecule has 1 aromatic rings. The van der Waals surface area contributed by atoms with Crippen LogP contribution in [0.15, 0.2) is 24.3 Å². The number of hydrogen-bond donors (Lipinski definition) is 0. The molecular formula is C26H37N3O3.